The van der Waals surface area contributed by atoms with Crippen LogP contribution in [0.2, 0.25) is 0 Å². The van der Waals surface area contributed by atoms with Gasteiger partial charge in [0.05, 0.1) is 0 Å². The Morgan fingerprint density at radius 1 is 1.33 bits per heavy atom. The Labute approximate surface area is 134 Å². The summed E-state index contributed by atoms with van der Waals surface area (Å²) in [5.41, 5.74) is 1.46. The summed E-state index contributed by atoms with van der Waals surface area (Å²) in [6, 6.07) is 2.98. The van der Waals surface area contributed by atoms with Crippen molar-refractivity contribution in [3.05, 3.63) is 22.4 Å². The largest absolute Gasteiger partial charge is 0.314 e. The maximum atomic E-state index is 3.74. The van der Waals surface area contributed by atoms with Crippen molar-refractivity contribution in [1.29, 1.82) is 0 Å². The summed E-state index contributed by atoms with van der Waals surface area (Å²) in [5, 5.41) is 8.20. The number of hydrogen-bond acceptors (Lipinski definition) is 3. The van der Waals surface area contributed by atoms with Crippen molar-refractivity contribution in [3.8, 4) is 0 Å². The average molecular weight is 309 g/mol. The topological polar surface area (TPSA) is 15.3 Å². The van der Waals surface area contributed by atoms with Gasteiger partial charge in [-0.1, -0.05) is 26.7 Å². The van der Waals surface area contributed by atoms with E-state index in [1.165, 1.54) is 44.2 Å². The summed E-state index contributed by atoms with van der Waals surface area (Å²) in [6.07, 6.45) is 6.97. The first-order valence-corrected chi connectivity index (χ1v) is 9.60. The molecule has 1 aliphatic rings. The Balaban J connectivity index is 1.88. The third kappa shape index (κ3) is 5.39. The van der Waals surface area contributed by atoms with Crippen molar-refractivity contribution in [2.45, 2.75) is 58.5 Å². The molecule has 0 bridgehead atoms. The molecule has 3 unspecified atom stereocenters. The molecule has 1 heterocycles. The number of rotatable bonds is 8. The van der Waals surface area contributed by atoms with Gasteiger partial charge in [0, 0.05) is 19.1 Å². The second-order valence-electron chi connectivity index (χ2n) is 6.72. The summed E-state index contributed by atoms with van der Waals surface area (Å²) in [4.78, 5) is 2.52. The molecule has 0 saturated heterocycles. The Morgan fingerprint density at radius 3 is 2.86 bits per heavy atom. The molecule has 0 aliphatic heterocycles. The highest BCUT2D eigenvalue weighted by Gasteiger charge is 2.30. The van der Waals surface area contributed by atoms with Gasteiger partial charge in [0.1, 0.15) is 0 Å². The van der Waals surface area contributed by atoms with Gasteiger partial charge in [0.15, 0.2) is 0 Å². The third-order valence-electron chi connectivity index (χ3n) is 4.83. The van der Waals surface area contributed by atoms with E-state index in [1.54, 1.807) is 11.3 Å². The normalized spacial score (nSPS) is 26.4. The summed E-state index contributed by atoms with van der Waals surface area (Å²) in [5.74, 6) is 1.78. The molecule has 0 radical (unpaired) electrons. The Bertz CT molecular complexity index is 377. The van der Waals surface area contributed by atoms with Crippen molar-refractivity contribution in [2.75, 3.05) is 20.1 Å². The van der Waals surface area contributed by atoms with Crippen LogP contribution in [0.15, 0.2) is 16.8 Å². The predicted octanol–water partition coefficient (Wildman–Crippen LogP) is 4.37. The number of hydrogen-bond donors (Lipinski definition) is 1. The summed E-state index contributed by atoms with van der Waals surface area (Å²) in [7, 11) is 2.28. The lowest BCUT2D eigenvalue weighted by Crippen LogP contribution is -2.45. The van der Waals surface area contributed by atoms with Crippen LogP contribution in [-0.4, -0.2) is 31.1 Å². The molecule has 0 amide bonds. The van der Waals surface area contributed by atoms with Gasteiger partial charge in [0.25, 0.3) is 0 Å². The van der Waals surface area contributed by atoms with Gasteiger partial charge >= 0.3 is 0 Å². The SMILES string of the molecule is CCCC1CCC(NCC)C(CN(C)Cc2ccsc2)C1. The summed E-state index contributed by atoms with van der Waals surface area (Å²) >= 11 is 1.80. The van der Waals surface area contributed by atoms with E-state index < -0.39 is 0 Å². The zero-order valence-electron chi connectivity index (χ0n) is 14.0. The van der Waals surface area contributed by atoms with Gasteiger partial charge in [-0.25, -0.2) is 0 Å². The fourth-order valence-electron chi connectivity index (χ4n) is 3.92. The molecule has 1 fully saturated rings. The minimum absolute atomic E-state index is 0.730. The first kappa shape index (κ1) is 17.0. The molecule has 1 saturated carbocycles. The summed E-state index contributed by atoms with van der Waals surface area (Å²) in [6.45, 7) is 8.00. The molecule has 3 atom stereocenters. The van der Waals surface area contributed by atoms with Crippen LogP contribution in [0, 0.1) is 11.8 Å². The predicted molar refractivity (Wildman–Crippen MR) is 93.9 cm³/mol. The minimum Gasteiger partial charge on any atom is -0.314 e. The Morgan fingerprint density at radius 2 is 2.19 bits per heavy atom. The highest BCUT2D eigenvalue weighted by atomic mass is 32.1. The highest BCUT2D eigenvalue weighted by Crippen LogP contribution is 2.32. The Hall–Kier alpha value is -0.380. The second-order valence-corrected chi connectivity index (χ2v) is 7.50. The van der Waals surface area contributed by atoms with Crippen LogP contribution in [0.4, 0.5) is 0 Å². The van der Waals surface area contributed by atoms with Crippen molar-refractivity contribution >= 4 is 11.3 Å². The molecule has 1 aromatic rings. The number of thiophene rings is 1. The molecule has 1 aliphatic carbocycles. The molecule has 1 N–H and O–H groups in total. The lowest BCUT2D eigenvalue weighted by molar-refractivity contribution is 0.147. The molecule has 2 rings (SSSR count). The maximum Gasteiger partial charge on any atom is 0.0239 e. The molecular weight excluding hydrogens is 276 g/mol. The van der Waals surface area contributed by atoms with Crippen LogP contribution in [0.1, 0.15) is 51.5 Å². The van der Waals surface area contributed by atoms with Gasteiger partial charge in [-0.15, -0.1) is 0 Å². The molecule has 3 heteroatoms. The lowest BCUT2D eigenvalue weighted by Gasteiger charge is -2.38. The van der Waals surface area contributed by atoms with Crippen LogP contribution >= 0.6 is 11.3 Å². The van der Waals surface area contributed by atoms with E-state index in [9.17, 15) is 0 Å². The number of nitrogens with one attached hydrogen (secondary N) is 1. The van der Waals surface area contributed by atoms with E-state index in [0.29, 0.717) is 0 Å². The molecule has 21 heavy (non-hydrogen) atoms. The van der Waals surface area contributed by atoms with E-state index in [0.717, 1.165) is 31.0 Å². The highest BCUT2D eigenvalue weighted by molar-refractivity contribution is 7.07. The molecular formula is C18H32N2S. The first-order chi connectivity index (χ1) is 10.2. The van der Waals surface area contributed by atoms with Gasteiger partial charge in [-0.05, 0) is 67.1 Å². The molecule has 0 aromatic carbocycles. The Kier molecular flexibility index (Phi) is 7.21. The standard InChI is InChI=1S/C18H32N2S/c1-4-6-15-7-8-18(19-5-2)17(11-15)13-20(3)12-16-9-10-21-14-16/h9-10,14-15,17-19H,4-8,11-13H2,1-3H3. The third-order valence-corrected chi connectivity index (χ3v) is 5.57. The van der Waals surface area contributed by atoms with E-state index in [-0.39, 0.29) is 0 Å². The average Bonchev–Trinajstić information content (AvgIpc) is 2.95. The van der Waals surface area contributed by atoms with E-state index in [2.05, 4.69) is 47.9 Å². The maximum absolute atomic E-state index is 3.74. The van der Waals surface area contributed by atoms with E-state index in [1.807, 2.05) is 0 Å². The van der Waals surface area contributed by atoms with Crippen LogP contribution in [-0.2, 0) is 6.54 Å². The second kappa shape index (κ2) is 8.92. The van der Waals surface area contributed by atoms with Gasteiger partial charge in [-0.3, -0.25) is 0 Å². The monoisotopic (exact) mass is 308 g/mol. The molecule has 1 aromatic heterocycles. The van der Waals surface area contributed by atoms with Crippen LogP contribution in [0.5, 0.6) is 0 Å². The van der Waals surface area contributed by atoms with Gasteiger partial charge in [-0.2, -0.15) is 11.3 Å². The van der Waals surface area contributed by atoms with E-state index >= 15 is 0 Å². The fraction of sp³-hybridized carbons (Fsp3) is 0.778. The van der Waals surface area contributed by atoms with Gasteiger partial charge < -0.3 is 10.2 Å². The molecule has 0 spiro atoms. The van der Waals surface area contributed by atoms with E-state index in [4.69, 9.17) is 0 Å². The lowest BCUT2D eigenvalue weighted by atomic mass is 9.76. The van der Waals surface area contributed by atoms with Crippen molar-refractivity contribution in [1.82, 2.24) is 10.2 Å². The minimum atomic E-state index is 0.730. The van der Waals surface area contributed by atoms with Crippen LogP contribution in [0.3, 0.4) is 0 Å². The van der Waals surface area contributed by atoms with Crippen LogP contribution < -0.4 is 5.32 Å². The zero-order valence-corrected chi connectivity index (χ0v) is 14.8. The van der Waals surface area contributed by atoms with Crippen LogP contribution in [0.25, 0.3) is 0 Å². The molecule has 2 nitrogen and oxygen atoms in total. The zero-order chi connectivity index (χ0) is 15.1. The van der Waals surface area contributed by atoms with Crippen molar-refractivity contribution in [3.63, 3.8) is 0 Å². The van der Waals surface area contributed by atoms with Crippen molar-refractivity contribution in [2.24, 2.45) is 11.8 Å². The number of nitrogens with zero attached hydrogens (tertiary/aromatic N) is 1. The smallest absolute Gasteiger partial charge is 0.0239 e. The van der Waals surface area contributed by atoms with Gasteiger partial charge in [0.2, 0.25) is 0 Å². The summed E-state index contributed by atoms with van der Waals surface area (Å²) < 4.78 is 0. The fourth-order valence-corrected chi connectivity index (χ4v) is 4.58. The molecule has 120 valence electrons. The van der Waals surface area contributed by atoms with Crippen molar-refractivity contribution < 1.29 is 0 Å². The first-order valence-electron chi connectivity index (χ1n) is 8.65. The quantitative estimate of drug-likeness (QED) is 0.767.